The van der Waals surface area contributed by atoms with Gasteiger partial charge in [0.1, 0.15) is 5.69 Å². The number of amides is 1. The van der Waals surface area contributed by atoms with Crippen LogP contribution >= 0.6 is 0 Å². The molecule has 0 spiro atoms. The topological polar surface area (TPSA) is 75.4 Å². The average Bonchev–Trinajstić information content (AvgIpc) is 2.81. The number of rotatable bonds is 2. The Bertz CT molecular complexity index is 495. The minimum atomic E-state index is -0.834. The number of hydrogen-bond donors (Lipinski definition) is 1. The highest BCUT2D eigenvalue weighted by Gasteiger charge is 2.37. The van der Waals surface area contributed by atoms with Crippen molar-refractivity contribution in [3.05, 3.63) is 17.5 Å². The number of carbonyl (C=O) groups is 2. The molecule has 1 saturated heterocycles. The highest BCUT2D eigenvalue weighted by Crippen LogP contribution is 2.24. The Morgan fingerprint density at radius 1 is 1.44 bits per heavy atom. The van der Waals surface area contributed by atoms with Gasteiger partial charge in [0.25, 0.3) is 5.91 Å². The monoisotopic (exact) mass is 251 g/mol. The van der Waals surface area contributed by atoms with E-state index in [0.29, 0.717) is 12.2 Å². The Morgan fingerprint density at radius 2 is 2.11 bits per heavy atom. The molecule has 1 N–H and O–H groups in total. The molecule has 18 heavy (non-hydrogen) atoms. The van der Waals surface area contributed by atoms with Crippen molar-refractivity contribution in [1.29, 1.82) is 0 Å². The average molecular weight is 251 g/mol. The van der Waals surface area contributed by atoms with Crippen molar-refractivity contribution in [3.8, 4) is 0 Å². The first-order valence-electron chi connectivity index (χ1n) is 5.93. The van der Waals surface area contributed by atoms with E-state index in [-0.39, 0.29) is 18.4 Å². The third-order valence-corrected chi connectivity index (χ3v) is 3.44. The summed E-state index contributed by atoms with van der Waals surface area (Å²) in [6.07, 6.45) is 0. The fraction of sp³-hybridized carbons (Fsp3) is 0.583. The van der Waals surface area contributed by atoms with Gasteiger partial charge in [0.2, 0.25) is 0 Å². The smallest absolute Gasteiger partial charge is 0.308 e. The van der Waals surface area contributed by atoms with Gasteiger partial charge in [-0.15, -0.1) is 0 Å². The maximum atomic E-state index is 12.3. The number of likely N-dealkylation sites (tertiary alicyclic amines) is 1. The minimum absolute atomic E-state index is 0.0132. The zero-order chi connectivity index (χ0) is 13.4. The fourth-order valence-corrected chi connectivity index (χ4v) is 2.43. The Labute approximate surface area is 105 Å². The summed E-state index contributed by atoms with van der Waals surface area (Å²) in [7, 11) is 1.72. The summed E-state index contributed by atoms with van der Waals surface area (Å²) in [5.41, 5.74) is 1.29. The molecule has 0 radical (unpaired) electrons. The quantitative estimate of drug-likeness (QED) is 0.831. The second-order valence-corrected chi connectivity index (χ2v) is 4.93. The van der Waals surface area contributed by atoms with Gasteiger partial charge in [-0.05, 0) is 18.9 Å². The molecule has 6 nitrogen and oxygen atoms in total. The number of aliphatic carboxylic acids is 1. The molecule has 1 amide bonds. The molecule has 2 atom stereocenters. The van der Waals surface area contributed by atoms with E-state index in [2.05, 4.69) is 5.10 Å². The Balaban J connectivity index is 2.17. The van der Waals surface area contributed by atoms with Gasteiger partial charge in [0.15, 0.2) is 0 Å². The van der Waals surface area contributed by atoms with E-state index in [1.54, 1.807) is 18.0 Å². The summed E-state index contributed by atoms with van der Waals surface area (Å²) in [5, 5.41) is 13.2. The Morgan fingerprint density at radius 3 is 2.56 bits per heavy atom. The van der Waals surface area contributed by atoms with E-state index in [4.69, 9.17) is 5.11 Å². The lowest BCUT2D eigenvalue weighted by atomic mass is 9.99. The minimum Gasteiger partial charge on any atom is -0.481 e. The lowest BCUT2D eigenvalue weighted by Gasteiger charge is -2.15. The molecule has 1 aromatic heterocycles. The van der Waals surface area contributed by atoms with Gasteiger partial charge in [0.05, 0.1) is 11.6 Å². The van der Waals surface area contributed by atoms with Crippen molar-refractivity contribution in [2.45, 2.75) is 13.8 Å². The van der Waals surface area contributed by atoms with Crippen LogP contribution in [0.15, 0.2) is 6.07 Å². The molecule has 0 aromatic carbocycles. The van der Waals surface area contributed by atoms with Crippen molar-refractivity contribution in [1.82, 2.24) is 14.7 Å². The van der Waals surface area contributed by atoms with Gasteiger partial charge in [0, 0.05) is 20.1 Å². The molecule has 6 heteroatoms. The first kappa shape index (κ1) is 12.6. The van der Waals surface area contributed by atoms with Crippen LogP contribution in [0.2, 0.25) is 0 Å². The summed E-state index contributed by atoms with van der Waals surface area (Å²) in [6.45, 7) is 4.45. The number of aryl methyl sites for hydroxylation is 2. The van der Waals surface area contributed by atoms with Crippen LogP contribution in [0.5, 0.6) is 0 Å². The van der Waals surface area contributed by atoms with E-state index in [1.807, 2.05) is 13.8 Å². The number of nitrogens with zero attached hydrogens (tertiary/aromatic N) is 3. The molecule has 2 unspecified atom stereocenters. The van der Waals surface area contributed by atoms with Crippen LogP contribution in [0.1, 0.15) is 23.1 Å². The maximum absolute atomic E-state index is 12.3. The SMILES string of the molecule is Cc1cc(C(=O)N2CC(C)C(C(=O)O)C2)n(C)n1. The predicted molar refractivity (Wildman–Crippen MR) is 64.1 cm³/mol. The third-order valence-electron chi connectivity index (χ3n) is 3.44. The molecule has 1 aromatic rings. The molecule has 0 aliphatic carbocycles. The summed E-state index contributed by atoms with van der Waals surface area (Å²) in [4.78, 5) is 24.9. The van der Waals surface area contributed by atoms with Crippen LogP contribution in [0.25, 0.3) is 0 Å². The Kier molecular flexibility index (Phi) is 3.11. The second kappa shape index (κ2) is 4.44. The van der Waals surface area contributed by atoms with E-state index in [0.717, 1.165) is 5.69 Å². The molecule has 2 rings (SSSR count). The molecule has 1 aliphatic rings. The first-order valence-corrected chi connectivity index (χ1v) is 5.93. The van der Waals surface area contributed by atoms with Crippen LogP contribution in [0, 0.1) is 18.8 Å². The molecule has 98 valence electrons. The largest absolute Gasteiger partial charge is 0.481 e. The molecule has 2 heterocycles. The second-order valence-electron chi connectivity index (χ2n) is 4.93. The zero-order valence-corrected chi connectivity index (χ0v) is 10.8. The lowest BCUT2D eigenvalue weighted by Crippen LogP contribution is -2.31. The summed E-state index contributed by atoms with van der Waals surface area (Å²) in [6, 6.07) is 1.72. The number of hydrogen-bond acceptors (Lipinski definition) is 3. The van der Waals surface area contributed by atoms with Crippen molar-refractivity contribution in [2.24, 2.45) is 18.9 Å². The molecular formula is C12H17N3O3. The third kappa shape index (κ3) is 2.10. The summed E-state index contributed by atoms with van der Waals surface area (Å²) < 4.78 is 1.54. The summed E-state index contributed by atoms with van der Waals surface area (Å²) in [5.74, 6) is -1.46. The van der Waals surface area contributed by atoms with E-state index < -0.39 is 11.9 Å². The van der Waals surface area contributed by atoms with E-state index in [9.17, 15) is 9.59 Å². The lowest BCUT2D eigenvalue weighted by molar-refractivity contribution is -0.142. The van der Waals surface area contributed by atoms with Crippen LogP contribution in [0.4, 0.5) is 0 Å². The maximum Gasteiger partial charge on any atom is 0.308 e. The normalized spacial score (nSPS) is 23.4. The first-order chi connectivity index (χ1) is 8.40. The Hall–Kier alpha value is -1.85. The van der Waals surface area contributed by atoms with Gasteiger partial charge >= 0.3 is 5.97 Å². The van der Waals surface area contributed by atoms with Crippen LogP contribution in [0.3, 0.4) is 0 Å². The van der Waals surface area contributed by atoms with Crippen molar-refractivity contribution in [2.75, 3.05) is 13.1 Å². The predicted octanol–water partition coefficient (Wildman–Crippen LogP) is 0.521. The molecular weight excluding hydrogens is 234 g/mol. The van der Waals surface area contributed by atoms with Crippen LogP contribution in [-0.2, 0) is 11.8 Å². The van der Waals surface area contributed by atoms with Crippen LogP contribution < -0.4 is 0 Å². The van der Waals surface area contributed by atoms with E-state index in [1.165, 1.54) is 4.68 Å². The van der Waals surface area contributed by atoms with Gasteiger partial charge in [-0.1, -0.05) is 6.92 Å². The van der Waals surface area contributed by atoms with Crippen molar-refractivity contribution in [3.63, 3.8) is 0 Å². The molecule has 0 saturated carbocycles. The zero-order valence-electron chi connectivity index (χ0n) is 10.8. The molecule has 0 bridgehead atoms. The number of carboxylic acids is 1. The molecule has 1 aliphatic heterocycles. The number of aromatic nitrogens is 2. The van der Waals surface area contributed by atoms with Crippen molar-refractivity contribution >= 4 is 11.9 Å². The summed E-state index contributed by atoms with van der Waals surface area (Å²) >= 11 is 0. The fourth-order valence-electron chi connectivity index (χ4n) is 2.43. The van der Waals surface area contributed by atoms with Crippen LogP contribution in [-0.4, -0.2) is 44.8 Å². The van der Waals surface area contributed by atoms with Crippen molar-refractivity contribution < 1.29 is 14.7 Å². The number of carboxylic acid groups (broad SMARTS) is 1. The molecule has 1 fully saturated rings. The number of carbonyl (C=O) groups excluding carboxylic acids is 1. The standard InChI is InChI=1S/C12H17N3O3/c1-7-5-15(6-9(7)12(17)18)11(16)10-4-8(2)13-14(10)3/h4,7,9H,5-6H2,1-3H3,(H,17,18). The van der Waals surface area contributed by atoms with Gasteiger partial charge < -0.3 is 10.0 Å². The highest BCUT2D eigenvalue weighted by molar-refractivity contribution is 5.93. The van der Waals surface area contributed by atoms with Gasteiger partial charge in [-0.3, -0.25) is 14.3 Å². The van der Waals surface area contributed by atoms with Gasteiger partial charge in [-0.25, -0.2) is 0 Å². The highest BCUT2D eigenvalue weighted by atomic mass is 16.4. The van der Waals surface area contributed by atoms with E-state index >= 15 is 0 Å². The van der Waals surface area contributed by atoms with Gasteiger partial charge in [-0.2, -0.15) is 5.10 Å².